The fraction of sp³-hybridized carbons (Fsp3) is 0.429. The van der Waals surface area contributed by atoms with E-state index in [1.165, 1.54) is 22.6 Å². The number of anilines is 1. The number of nitrogens with one attached hydrogen (secondary N) is 2. The maximum Gasteiger partial charge on any atom is 0.124 e. The molecule has 2 aromatic carbocycles. The van der Waals surface area contributed by atoms with Crippen molar-refractivity contribution < 1.29 is 14.2 Å². The standard InChI is InChI=1S/C21H28N2O3S/c1-24-16-6-7-21-19(14-16)20(5-4-10-27-21)23-9-8-22-15-11-17(25-2)13-18(12-15)26-3/h6-7,11-14,20,22-23H,4-5,8-10H2,1-3H3. The summed E-state index contributed by atoms with van der Waals surface area (Å²) in [5.41, 5.74) is 2.34. The molecule has 0 aliphatic carbocycles. The first kappa shape index (κ1) is 19.7. The van der Waals surface area contributed by atoms with Crippen LogP contribution in [0.2, 0.25) is 0 Å². The zero-order valence-corrected chi connectivity index (χ0v) is 17.0. The molecule has 0 fully saturated rings. The van der Waals surface area contributed by atoms with Gasteiger partial charge in [-0.1, -0.05) is 0 Å². The van der Waals surface area contributed by atoms with Crippen molar-refractivity contribution in [3.8, 4) is 17.2 Å². The predicted molar refractivity (Wildman–Crippen MR) is 112 cm³/mol. The van der Waals surface area contributed by atoms with E-state index < -0.39 is 0 Å². The first-order valence-corrected chi connectivity index (χ1v) is 10.2. The molecule has 0 bridgehead atoms. The third-order valence-electron chi connectivity index (χ3n) is 4.68. The fourth-order valence-corrected chi connectivity index (χ4v) is 4.32. The summed E-state index contributed by atoms with van der Waals surface area (Å²) in [4.78, 5) is 1.36. The van der Waals surface area contributed by atoms with E-state index in [2.05, 4.69) is 22.8 Å². The van der Waals surface area contributed by atoms with Gasteiger partial charge in [0.2, 0.25) is 0 Å². The van der Waals surface area contributed by atoms with Gasteiger partial charge in [-0.05, 0) is 42.4 Å². The number of methoxy groups -OCH3 is 3. The predicted octanol–water partition coefficient (Wildman–Crippen LogP) is 4.34. The number of benzene rings is 2. The van der Waals surface area contributed by atoms with Crippen LogP contribution in [0.25, 0.3) is 0 Å². The molecule has 1 aliphatic heterocycles. The van der Waals surface area contributed by atoms with Gasteiger partial charge in [0.05, 0.1) is 21.3 Å². The third kappa shape index (κ3) is 5.23. The summed E-state index contributed by atoms with van der Waals surface area (Å²) in [7, 11) is 5.05. The molecule has 2 N–H and O–H groups in total. The van der Waals surface area contributed by atoms with E-state index in [9.17, 15) is 0 Å². The highest BCUT2D eigenvalue weighted by molar-refractivity contribution is 7.99. The van der Waals surface area contributed by atoms with Gasteiger partial charge in [-0.15, -0.1) is 11.8 Å². The zero-order valence-electron chi connectivity index (χ0n) is 16.2. The van der Waals surface area contributed by atoms with Crippen molar-refractivity contribution in [3.05, 3.63) is 42.0 Å². The molecule has 0 saturated carbocycles. The van der Waals surface area contributed by atoms with Crippen LogP contribution in [0.1, 0.15) is 24.4 Å². The molecule has 0 saturated heterocycles. The van der Waals surface area contributed by atoms with Crippen LogP contribution in [-0.4, -0.2) is 40.2 Å². The van der Waals surface area contributed by atoms with Crippen LogP contribution in [-0.2, 0) is 0 Å². The van der Waals surface area contributed by atoms with Crippen molar-refractivity contribution in [3.63, 3.8) is 0 Å². The minimum atomic E-state index is 0.353. The largest absolute Gasteiger partial charge is 0.497 e. The van der Waals surface area contributed by atoms with Crippen molar-refractivity contribution in [1.29, 1.82) is 0 Å². The molecule has 0 aromatic heterocycles. The van der Waals surface area contributed by atoms with Crippen LogP contribution >= 0.6 is 11.8 Å². The lowest BCUT2D eigenvalue weighted by Crippen LogP contribution is -2.27. The van der Waals surface area contributed by atoms with Gasteiger partial charge in [-0.3, -0.25) is 0 Å². The highest BCUT2D eigenvalue weighted by Gasteiger charge is 2.19. The number of fused-ring (bicyclic) bond motifs is 1. The molecular formula is C21H28N2O3S. The molecule has 3 rings (SSSR count). The Morgan fingerprint density at radius 3 is 2.37 bits per heavy atom. The number of thioether (sulfide) groups is 1. The lowest BCUT2D eigenvalue weighted by molar-refractivity contribution is 0.394. The first-order chi connectivity index (χ1) is 13.2. The summed E-state index contributed by atoms with van der Waals surface area (Å²) >= 11 is 1.94. The molecule has 0 amide bonds. The van der Waals surface area contributed by atoms with Gasteiger partial charge in [0.1, 0.15) is 17.2 Å². The Hall–Kier alpha value is -2.05. The van der Waals surface area contributed by atoms with Crippen LogP contribution < -0.4 is 24.8 Å². The molecule has 1 aliphatic rings. The molecule has 5 nitrogen and oxygen atoms in total. The Kier molecular flexibility index (Phi) is 7.12. The van der Waals surface area contributed by atoms with E-state index in [1.807, 2.05) is 36.0 Å². The Balaban J connectivity index is 1.59. The SMILES string of the molecule is COc1cc(NCCNC2CCCSc3ccc(OC)cc32)cc(OC)c1. The smallest absolute Gasteiger partial charge is 0.124 e. The van der Waals surface area contributed by atoms with Crippen LogP contribution in [0, 0.1) is 0 Å². The second kappa shape index (κ2) is 9.76. The maximum atomic E-state index is 5.42. The molecule has 2 aromatic rings. The number of rotatable bonds is 8. The quantitative estimate of drug-likeness (QED) is 0.656. The van der Waals surface area contributed by atoms with Gasteiger partial charge < -0.3 is 24.8 Å². The van der Waals surface area contributed by atoms with Gasteiger partial charge in [-0.25, -0.2) is 0 Å². The average molecular weight is 389 g/mol. The van der Waals surface area contributed by atoms with Crippen molar-refractivity contribution in [2.45, 2.75) is 23.8 Å². The van der Waals surface area contributed by atoms with E-state index in [1.54, 1.807) is 21.3 Å². The minimum Gasteiger partial charge on any atom is -0.497 e. The second-order valence-electron chi connectivity index (χ2n) is 6.43. The van der Waals surface area contributed by atoms with E-state index >= 15 is 0 Å². The van der Waals surface area contributed by atoms with Crippen molar-refractivity contribution in [1.82, 2.24) is 5.32 Å². The normalized spacial score (nSPS) is 16.2. The molecule has 1 unspecified atom stereocenters. The summed E-state index contributed by atoms with van der Waals surface area (Å²) in [5.74, 6) is 3.65. The molecule has 0 spiro atoms. The van der Waals surface area contributed by atoms with E-state index in [0.717, 1.165) is 42.4 Å². The van der Waals surface area contributed by atoms with Gasteiger partial charge >= 0.3 is 0 Å². The number of ether oxygens (including phenoxy) is 3. The Morgan fingerprint density at radius 2 is 1.67 bits per heavy atom. The van der Waals surface area contributed by atoms with Crippen LogP contribution in [0.5, 0.6) is 17.2 Å². The molecule has 6 heteroatoms. The molecule has 146 valence electrons. The first-order valence-electron chi connectivity index (χ1n) is 9.24. The minimum absolute atomic E-state index is 0.353. The fourth-order valence-electron chi connectivity index (χ4n) is 3.26. The van der Waals surface area contributed by atoms with E-state index in [4.69, 9.17) is 14.2 Å². The van der Waals surface area contributed by atoms with Crippen LogP contribution in [0.4, 0.5) is 5.69 Å². The van der Waals surface area contributed by atoms with Gasteiger partial charge in [0.15, 0.2) is 0 Å². The number of hydrogen-bond acceptors (Lipinski definition) is 6. The lowest BCUT2D eigenvalue weighted by Gasteiger charge is -2.20. The summed E-state index contributed by atoms with van der Waals surface area (Å²) in [6.45, 7) is 1.69. The second-order valence-corrected chi connectivity index (χ2v) is 7.57. The molecule has 1 heterocycles. The van der Waals surface area contributed by atoms with E-state index in [0.29, 0.717) is 6.04 Å². The van der Waals surface area contributed by atoms with Gasteiger partial charge in [0, 0.05) is 47.9 Å². The molecule has 0 radical (unpaired) electrons. The Labute approximate surface area is 165 Å². The monoisotopic (exact) mass is 388 g/mol. The van der Waals surface area contributed by atoms with Crippen LogP contribution in [0.15, 0.2) is 41.3 Å². The average Bonchev–Trinajstić information content (AvgIpc) is 2.92. The van der Waals surface area contributed by atoms with Crippen molar-refractivity contribution in [2.24, 2.45) is 0 Å². The van der Waals surface area contributed by atoms with Crippen molar-refractivity contribution in [2.75, 3.05) is 45.5 Å². The van der Waals surface area contributed by atoms with Crippen LogP contribution in [0.3, 0.4) is 0 Å². The number of hydrogen-bond donors (Lipinski definition) is 2. The summed E-state index contributed by atoms with van der Waals surface area (Å²) in [6, 6.07) is 12.6. The van der Waals surface area contributed by atoms with Crippen molar-refractivity contribution >= 4 is 17.4 Å². The highest BCUT2D eigenvalue weighted by Crippen LogP contribution is 2.36. The lowest BCUT2D eigenvalue weighted by atomic mass is 10.0. The highest BCUT2D eigenvalue weighted by atomic mass is 32.2. The maximum absolute atomic E-state index is 5.42. The summed E-state index contributed by atoms with van der Waals surface area (Å²) in [5, 5.41) is 7.15. The third-order valence-corrected chi connectivity index (χ3v) is 5.86. The topological polar surface area (TPSA) is 51.8 Å². The Bertz CT molecular complexity index is 732. The molecular weight excluding hydrogens is 360 g/mol. The van der Waals surface area contributed by atoms with Gasteiger partial charge in [-0.2, -0.15) is 0 Å². The summed E-state index contributed by atoms with van der Waals surface area (Å²) in [6.07, 6.45) is 2.35. The molecule has 27 heavy (non-hydrogen) atoms. The Morgan fingerprint density at radius 1 is 0.926 bits per heavy atom. The summed E-state index contributed by atoms with van der Waals surface area (Å²) < 4.78 is 16.1. The van der Waals surface area contributed by atoms with Gasteiger partial charge in [0.25, 0.3) is 0 Å². The molecule has 1 atom stereocenters. The zero-order chi connectivity index (χ0) is 19.1. The van der Waals surface area contributed by atoms with E-state index in [-0.39, 0.29) is 0 Å².